The largest absolute Gasteiger partial charge is 0.481 e. The first-order valence-corrected chi connectivity index (χ1v) is 11.7. The summed E-state index contributed by atoms with van der Waals surface area (Å²) in [6.07, 6.45) is 0.636. The molecule has 3 aromatic rings. The summed E-state index contributed by atoms with van der Waals surface area (Å²) in [7, 11) is 0. The van der Waals surface area contributed by atoms with Gasteiger partial charge in [-0.25, -0.2) is 4.98 Å². The average Bonchev–Trinajstić information content (AvgIpc) is 3.28. The van der Waals surface area contributed by atoms with Gasteiger partial charge in [0.05, 0.1) is 11.6 Å². The molecule has 1 unspecified atom stereocenters. The number of benzene rings is 2. The smallest absolute Gasteiger partial charge is 0.310 e. The topological polar surface area (TPSA) is 65.5 Å². The van der Waals surface area contributed by atoms with Crippen molar-refractivity contribution in [2.45, 2.75) is 26.2 Å². The third kappa shape index (κ3) is 5.14. The summed E-state index contributed by atoms with van der Waals surface area (Å²) in [5, 5.41) is 16.3. The predicted molar refractivity (Wildman–Crippen MR) is 128 cm³/mol. The van der Waals surface area contributed by atoms with Gasteiger partial charge in [0.2, 0.25) is 0 Å². The van der Waals surface area contributed by atoms with E-state index in [2.05, 4.69) is 53.7 Å². The molecule has 0 spiro atoms. The highest BCUT2D eigenvalue weighted by atomic mass is 32.1. The zero-order valence-electron chi connectivity index (χ0n) is 18.0. The van der Waals surface area contributed by atoms with Crippen LogP contribution < -0.4 is 10.2 Å². The van der Waals surface area contributed by atoms with Crippen LogP contribution in [0.1, 0.15) is 31.7 Å². The zero-order valence-corrected chi connectivity index (χ0v) is 18.9. The fraction of sp³-hybridized carbons (Fsp3) is 0.360. The standard InChI is InChI=1S/C25H29N3O2S/c1-17(2)14-22(24(29)30)21-5-3-4-20(15-21)18-6-8-19(9-7-18)23-16-31-25(27-23)28-12-10-26-11-13-28/h3-9,15-17,22,26H,10-14H2,1-2H3,(H,29,30). The van der Waals surface area contributed by atoms with E-state index in [-0.39, 0.29) is 0 Å². The van der Waals surface area contributed by atoms with Crippen LogP contribution in [0.15, 0.2) is 53.9 Å². The lowest BCUT2D eigenvalue weighted by Crippen LogP contribution is -2.43. The van der Waals surface area contributed by atoms with Gasteiger partial charge in [0.15, 0.2) is 5.13 Å². The van der Waals surface area contributed by atoms with Crippen molar-refractivity contribution in [1.29, 1.82) is 0 Å². The minimum Gasteiger partial charge on any atom is -0.481 e. The molecule has 1 fully saturated rings. The van der Waals surface area contributed by atoms with E-state index in [4.69, 9.17) is 4.98 Å². The number of hydrogen-bond acceptors (Lipinski definition) is 5. The monoisotopic (exact) mass is 435 g/mol. The minimum atomic E-state index is -0.759. The van der Waals surface area contributed by atoms with Gasteiger partial charge in [-0.2, -0.15) is 0 Å². The Kier molecular flexibility index (Phi) is 6.68. The molecule has 162 valence electrons. The highest BCUT2D eigenvalue weighted by Gasteiger charge is 2.21. The van der Waals surface area contributed by atoms with Crippen LogP contribution in [0.2, 0.25) is 0 Å². The van der Waals surface area contributed by atoms with Crippen LogP contribution in [-0.4, -0.2) is 42.2 Å². The highest BCUT2D eigenvalue weighted by molar-refractivity contribution is 7.14. The Morgan fingerprint density at radius 3 is 2.48 bits per heavy atom. The second kappa shape index (κ2) is 9.62. The van der Waals surface area contributed by atoms with Gasteiger partial charge in [-0.1, -0.05) is 62.4 Å². The number of piperazine rings is 1. The van der Waals surface area contributed by atoms with Gasteiger partial charge in [-0.15, -0.1) is 11.3 Å². The summed E-state index contributed by atoms with van der Waals surface area (Å²) in [6.45, 7) is 8.12. The number of nitrogens with one attached hydrogen (secondary N) is 1. The zero-order chi connectivity index (χ0) is 21.8. The van der Waals surface area contributed by atoms with Gasteiger partial charge in [0.25, 0.3) is 0 Å². The molecule has 1 atom stereocenters. The molecule has 0 saturated carbocycles. The summed E-state index contributed by atoms with van der Waals surface area (Å²) in [5.41, 5.74) is 5.08. The molecule has 2 heterocycles. The molecule has 2 N–H and O–H groups in total. The van der Waals surface area contributed by atoms with Crippen LogP contribution in [0, 0.1) is 5.92 Å². The Labute approximate surface area is 187 Å². The van der Waals surface area contributed by atoms with Gasteiger partial charge in [0, 0.05) is 37.1 Å². The number of hydrogen-bond donors (Lipinski definition) is 2. The van der Waals surface area contributed by atoms with Crippen LogP contribution in [-0.2, 0) is 4.79 Å². The van der Waals surface area contributed by atoms with Crippen LogP contribution >= 0.6 is 11.3 Å². The molecule has 1 aromatic heterocycles. The Morgan fingerprint density at radius 2 is 1.81 bits per heavy atom. The van der Waals surface area contributed by atoms with E-state index in [1.165, 1.54) is 0 Å². The van der Waals surface area contributed by atoms with Gasteiger partial charge < -0.3 is 15.3 Å². The van der Waals surface area contributed by atoms with Crippen molar-refractivity contribution in [3.63, 3.8) is 0 Å². The summed E-state index contributed by atoms with van der Waals surface area (Å²) >= 11 is 1.70. The molecule has 1 aliphatic heterocycles. The number of carboxylic acid groups (broad SMARTS) is 1. The molecule has 0 amide bonds. The molecule has 0 aliphatic carbocycles. The SMILES string of the molecule is CC(C)CC(C(=O)O)c1cccc(-c2ccc(-c3csc(N4CCNCC4)n3)cc2)c1. The number of carboxylic acids is 1. The number of carbonyl (C=O) groups is 1. The number of rotatable bonds is 7. The van der Waals surface area contributed by atoms with Gasteiger partial charge >= 0.3 is 5.97 Å². The van der Waals surface area contributed by atoms with Crippen molar-refractivity contribution < 1.29 is 9.90 Å². The van der Waals surface area contributed by atoms with Crippen molar-refractivity contribution in [3.05, 3.63) is 59.5 Å². The molecule has 1 saturated heterocycles. The van der Waals surface area contributed by atoms with Gasteiger partial charge in [-0.3, -0.25) is 4.79 Å². The second-order valence-electron chi connectivity index (χ2n) is 8.48. The van der Waals surface area contributed by atoms with Crippen LogP contribution in [0.3, 0.4) is 0 Å². The molecule has 2 aromatic carbocycles. The molecule has 0 radical (unpaired) electrons. The number of nitrogens with zero attached hydrogens (tertiary/aromatic N) is 2. The van der Waals surface area contributed by atoms with Crippen molar-refractivity contribution in [2.75, 3.05) is 31.1 Å². The molecule has 31 heavy (non-hydrogen) atoms. The fourth-order valence-corrected chi connectivity index (χ4v) is 4.91. The average molecular weight is 436 g/mol. The number of aliphatic carboxylic acids is 1. The Morgan fingerprint density at radius 1 is 1.10 bits per heavy atom. The minimum absolute atomic E-state index is 0.327. The summed E-state index contributed by atoms with van der Waals surface area (Å²) in [5.74, 6) is -0.907. The lowest BCUT2D eigenvalue weighted by Gasteiger charge is -2.26. The van der Waals surface area contributed by atoms with E-state index < -0.39 is 11.9 Å². The Balaban J connectivity index is 1.53. The molecule has 5 nitrogen and oxygen atoms in total. The number of anilines is 1. The molecular formula is C25H29N3O2S. The summed E-state index contributed by atoms with van der Waals surface area (Å²) in [6, 6.07) is 16.3. The van der Waals surface area contributed by atoms with Crippen LogP contribution in [0.25, 0.3) is 22.4 Å². The van der Waals surface area contributed by atoms with Crippen molar-refractivity contribution in [3.8, 4) is 22.4 Å². The van der Waals surface area contributed by atoms with Crippen molar-refractivity contribution >= 4 is 22.4 Å². The van der Waals surface area contributed by atoms with E-state index in [1.54, 1.807) is 11.3 Å². The first-order valence-electron chi connectivity index (χ1n) is 10.9. The van der Waals surface area contributed by atoms with Crippen molar-refractivity contribution in [1.82, 2.24) is 10.3 Å². The van der Waals surface area contributed by atoms with E-state index in [0.29, 0.717) is 12.3 Å². The Bertz CT molecular complexity index is 1020. The van der Waals surface area contributed by atoms with E-state index in [1.807, 2.05) is 24.3 Å². The fourth-order valence-electron chi connectivity index (χ4n) is 4.02. The lowest BCUT2D eigenvalue weighted by atomic mass is 9.88. The third-order valence-electron chi connectivity index (χ3n) is 5.69. The molecule has 0 bridgehead atoms. The van der Waals surface area contributed by atoms with E-state index >= 15 is 0 Å². The first kappa shape index (κ1) is 21.5. The number of thiazole rings is 1. The Hall–Kier alpha value is -2.70. The van der Waals surface area contributed by atoms with Crippen LogP contribution in [0.5, 0.6) is 0 Å². The van der Waals surface area contributed by atoms with Gasteiger partial charge in [0.1, 0.15) is 0 Å². The van der Waals surface area contributed by atoms with E-state index in [9.17, 15) is 9.90 Å². The summed E-state index contributed by atoms with van der Waals surface area (Å²) in [4.78, 5) is 19.0. The predicted octanol–water partition coefficient (Wildman–Crippen LogP) is 5.10. The van der Waals surface area contributed by atoms with Gasteiger partial charge in [-0.05, 0) is 29.0 Å². The normalized spacial score (nSPS) is 15.3. The molecular weight excluding hydrogens is 406 g/mol. The van der Waals surface area contributed by atoms with Crippen LogP contribution in [0.4, 0.5) is 5.13 Å². The van der Waals surface area contributed by atoms with E-state index in [0.717, 1.165) is 59.3 Å². The lowest BCUT2D eigenvalue weighted by molar-refractivity contribution is -0.139. The number of aromatic nitrogens is 1. The maximum Gasteiger partial charge on any atom is 0.310 e. The summed E-state index contributed by atoms with van der Waals surface area (Å²) < 4.78 is 0. The second-order valence-corrected chi connectivity index (χ2v) is 9.31. The first-order chi connectivity index (χ1) is 15.0. The molecule has 4 rings (SSSR count). The maximum absolute atomic E-state index is 11.8. The van der Waals surface area contributed by atoms with Crippen molar-refractivity contribution in [2.24, 2.45) is 5.92 Å². The maximum atomic E-state index is 11.8. The highest BCUT2D eigenvalue weighted by Crippen LogP contribution is 2.31. The quantitative estimate of drug-likeness (QED) is 0.540. The molecule has 1 aliphatic rings. The molecule has 6 heteroatoms. The third-order valence-corrected chi connectivity index (χ3v) is 6.59.